The highest BCUT2D eigenvalue weighted by Crippen LogP contribution is 2.31. The van der Waals surface area contributed by atoms with Gasteiger partial charge in [-0.05, 0) is 18.7 Å². The Morgan fingerprint density at radius 1 is 1.53 bits per heavy atom. The second-order valence-electron chi connectivity index (χ2n) is 3.69. The first kappa shape index (κ1) is 13.8. The van der Waals surface area contributed by atoms with Crippen LogP contribution in [0.1, 0.15) is 28.1 Å². The molecule has 0 amide bonds. The van der Waals surface area contributed by atoms with Crippen LogP contribution in [-0.2, 0) is 6.42 Å². The molecule has 8 heteroatoms. The standard InChI is InChI=1S/C11H11N3O3S2/c1-3-6-13-7(15)4-8(14-6)18-11-12-5(2)9(19-11)10(16)17/h4H,3H2,1-2H3,(H,16,17)(H,13,14,15). The molecule has 2 N–H and O–H groups in total. The molecule has 0 saturated heterocycles. The van der Waals surface area contributed by atoms with Crippen LogP contribution in [0.5, 0.6) is 0 Å². The summed E-state index contributed by atoms with van der Waals surface area (Å²) in [6.07, 6.45) is 0.626. The molecule has 0 aliphatic heterocycles. The Kier molecular flexibility index (Phi) is 4.01. The van der Waals surface area contributed by atoms with Gasteiger partial charge in [0.2, 0.25) is 0 Å². The minimum Gasteiger partial charge on any atom is -0.477 e. The summed E-state index contributed by atoms with van der Waals surface area (Å²) in [5, 5.41) is 9.48. The molecule has 2 aromatic heterocycles. The molecule has 2 heterocycles. The lowest BCUT2D eigenvalue weighted by Gasteiger charge is -1.99. The van der Waals surface area contributed by atoms with E-state index in [-0.39, 0.29) is 10.4 Å². The average molecular weight is 297 g/mol. The molecule has 0 radical (unpaired) electrons. The third kappa shape index (κ3) is 3.21. The maximum atomic E-state index is 11.4. The van der Waals surface area contributed by atoms with Crippen molar-refractivity contribution in [2.45, 2.75) is 29.6 Å². The number of hydrogen-bond donors (Lipinski definition) is 2. The lowest BCUT2D eigenvalue weighted by molar-refractivity contribution is 0.0701. The molecular weight excluding hydrogens is 286 g/mol. The van der Waals surface area contributed by atoms with Crippen LogP contribution in [0.15, 0.2) is 20.2 Å². The van der Waals surface area contributed by atoms with Crippen molar-refractivity contribution in [1.82, 2.24) is 15.0 Å². The molecule has 0 aromatic carbocycles. The molecule has 0 aliphatic carbocycles. The zero-order chi connectivity index (χ0) is 14.0. The van der Waals surface area contributed by atoms with Gasteiger partial charge in [-0.15, -0.1) is 0 Å². The molecule has 0 unspecified atom stereocenters. The van der Waals surface area contributed by atoms with Crippen molar-refractivity contribution < 1.29 is 9.90 Å². The van der Waals surface area contributed by atoms with Gasteiger partial charge in [-0.2, -0.15) is 0 Å². The summed E-state index contributed by atoms with van der Waals surface area (Å²) >= 11 is 2.28. The Hall–Kier alpha value is -1.67. The Balaban J connectivity index is 2.31. The summed E-state index contributed by atoms with van der Waals surface area (Å²) in [5.74, 6) is -0.392. The van der Waals surface area contributed by atoms with E-state index in [1.54, 1.807) is 6.92 Å². The molecular formula is C11H11N3O3S2. The highest BCUT2D eigenvalue weighted by atomic mass is 32.2. The number of carbonyl (C=O) groups is 1. The number of thiazole rings is 1. The van der Waals surface area contributed by atoms with Gasteiger partial charge in [0.15, 0.2) is 4.34 Å². The van der Waals surface area contributed by atoms with Gasteiger partial charge in [0, 0.05) is 12.5 Å². The second kappa shape index (κ2) is 5.54. The van der Waals surface area contributed by atoms with Crippen LogP contribution in [0.25, 0.3) is 0 Å². The Morgan fingerprint density at radius 3 is 2.84 bits per heavy atom. The highest BCUT2D eigenvalue weighted by molar-refractivity contribution is 8.01. The van der Waals surface area contributed by atoms with Crippen molar-refractivity contribution in [2.75, 3.05) is 0 Å². The van der Waals surface area contributed by atoms with E-state index in [4.69, 9.17) is 5.11 Å². The first-order chi connectivity index (χ1) is 8.99. The van der Waals surface area contributed by atoms with Crippen molar-refractivity contribution in [1.29, 1.82) is 0 Å². The molecule has 0 bridgehead atoms. The number of aromatic carboxylic acids is 1. The number of aromatic amines is 1. The van der Waals surface area contributed by atoms with Crippen LogP contribution in [0.2, 0.25) is 0 Å². The average Bonchev–Trinajstić information content (AvgIpc) is 2.69. The third-order valence-electron chi connectivity index (χ3n) is 2.27. The van der Waals surface area contributed by atoms with E-state index < -0.39 is 5.97 Å². The van der Waals surface area contributed by atoms with Crippen molar-refractivity contribution >= 4 is 29.1 Å². The molecule has 0 atom stereocenters. The molecule has 100 valence electrons. The van der Waals surface area contributed by atoms with E-state index in [1.165, 1.54) is 17.8 Å². The molecule has 6 nitrogen and oxygen atoms in total. The fourth-order valence-electron chi connectivity index (χ4n) is 1.41. The zero-order valence-corrected chi connectivity index (χ0v) is 11.9. The largest absolute Gasteiger partial charge is 0.477 e. The van der Waals surface area contributed by atoms with Gasteiger partial charge in [0.1, 0.15) is 15.7 Å². The van der Waals surface area contributed by atoms with Crippen LogP contribution < -0.4 is 5.56 Å². The fourth-order valence-corrected chi connectivity index (χ4v) is 3.40. The first-order valence-corrected chi connectivity index (χ1v) is 7.11. The lowest BCUT2D eigenvalue weighted by atomic mass is 10.4. The second-order valence-corrected chi connectivity index (χ2v) is 5.95. The maximum absolute atomic E-state index is 11.4. The summed E-state index contributed by atoms with van der Waals surface area (Å²) in [6.45, 7) is 3.54. The summed E-state index contributed by atoms with van der Waals surface area (Å²) in [6, 6.07) is 1.38. The molecule has 0 fully saturated rings. The number of nitrogens with one attached hydrogen (secondary N) is 1. The van der Waals surface area contributed by atoms with E-state index in [0.29, 0.717) is 27.3 Å². The maximum Gasteiger partial charge on any atom is 0.347 e. The number of aryl methyl sites for hydroxylation is 2. The van der Waals surface area contributed by atoms with Crippen molar-refractivity contribution in [3.63, 3.8) is 0 Å². The normalized spacial score (nSPS) is 10.6. The van der Waals surface area contributed by atoms with Crippen molar-refractivity contribution in [3.05, 3.63) is 32.8 Å². The third-order valence-corrected chi connectivity index (χ3v) is 4.39. The fraction of sp³-hybridized carbons (Fsp3) is 0.273. The Morgan fingerprint density at radius 2 is 2.26 bits per heavy atom. The SMILES string of the molecule is CCc1nc(Sc2nc(C)c(C(=O)O)s2)cc(=O)[nH]1. The van der Waals surface area contributed by atoms with E-state index >= 15 is 0 Å². The zero-order valence-electron chi connectivity index (χ0n) is 10.3. The first-order valence-electron chi connectivity index (χ1n) is 5.48. The monoisotopic (exact) mass is 297 g/mol. The van der Waals surface area contributed by atoms with Crippen LogP contribution in [-0.4, -0.2) is 26.0 Å². The summed E-state index contributed by atoms with van der Waals surface area (Å²) < 4.78 is 0.565. The summed E-state index contributed by atoms with van der Waals surface area (Å²) in [4.78, 5) is 33.6. The van der Waals surface area contributed by atoms with Gasteiger partial charge in [-0.25, -0.2) is 14.8 Å². The predicted molar refractivity (Wildman–Crippen MR) is 72.2 cm³/mol. The van der Waals surface area contributed by atoms with Crippen molar-refractivity contribution in [2.24, 2.45) is 0 Å². The van der Waals surface area contributed by atoms with Gasteiger partial charge in [-0.1, -0.05) is 18.3 Å². The number of aromatic nitrogens is 3. The van der Waals surface area contributed by atoms with Crippen LogP contribution in [0.4, 0.5) is 0 Å². The van der Waals surface area contributed by atoms with Gasteiger partial charge in [0.05, 0.1) is 5.69 Å². The van der Waals surface area contributed by atoms with E-state index in [0.717, 1.165) is 11.3 Å². The Bertz CT molecular complexity index is 678. The minimum atomic E-state index is -0.991. The number of hydrogen-bond acceptors (Lipinski definition) is 6. The van der Waals surface area contributed by atoms with E-state index in [2.05, 4.69) is 15.0 Å². The topological polar surface area (TPSA) is 95.9 Å². The minimum absolute atomic E-state index is 0.211. The summed E-state index contributed by atoms with van der Waals surface area (Å²) in [5.41, 5.74) is 0.252. The number of H-pyrrole nitrogens is 1. The van der Waals surface area contributed by atoms with E-state index in [9.17, 15) is 9.59 Å². The number of carboxylic acids is 1. The van der Waals surface area contributed by atoms with Crippen LogP contribution in [0.3, 0.4) is 0 Å². The van der Waals surface area contributed by atoms with Gasteiger partial charge in [-0.3, -0.25) is 4.79 Å². The molecule has 0 spiro atoms. The molecule has 19 heavy (non-hydrogen) atoms. The van der Waals surface area contributed by atoms with Gasteiger partial charge in [0.25, 0.3) is 5.56 Å². The lowest BCUT2D eigenvalue weighted by Crippen LogP contribution is -2.09. The number of nitrogens with zero attached hydrogens (tertiary/aromatic N) is 2. The quantitative estimate of drug-likeness (QED) is 0.837. The van der Waals surface area contributed by atoms with Gasteiger partial charge < -0.3 is 10.1 Å². The van der Waals surface area contributed by atoms with Crippen LogP contribution in [0, 0.1) is 6.92 Å². The summed E-state index contributed by atoms with van der Waals surface area (Å²) in [7, 11) is 0. The van der Waals surface area contributed by atoms with E-state index in [1.807, 2.05) is 6.92 Å². The molecule has 2 aromatic rings. The van der Waals surface area contributed by atoms with Crippen molar-refractivity contribution in [3.8, 4) is 0 Å². The smallest absolute Gasteiger partial charge is 0.347 e. The van der Waals surface area contributed by atoms with Crippen LogP contribution >= 0.6 is 23.1 Å². The predicted octanol–water partition coefficient (Wildman–Crippen LogP) is 1.95. The highest BCUT2D eigenvalue weighted by Gasteiger charge is 2.15. The number of rotatable bonds is 4. The molecule has 0 aliphatic rings. The Labute approximate surface area is 116 Å². The van der Waals surface area contributed by atoms with Gasteiger partial charge >= 0.3 is 5.97 Å². The molecule has 0 saturated carbocycles. The number of carboxylic acid groups (broad SMARTS) is 1. The molecule has 2 rings (SSSR count).